The van der Waals surface area contributed by atoms with Crippen LogP contribution in [0.25, 0.3) is 0 Å². The van der Waals surface area contributed by atoms with Gasteiger partial charge in [0.05, 0.1) is 29.5 Å². The van der Waals surface area contributed by atoms with Gasteiger partial charge in [0.2, 0.25) is 0 Å². The fraction of sp³-hybridized carbons (Fsp3) is 0.273. The van der Waals surface area contributed by atoms with Crippen molar-refractivity contribution in [2.75, 3.05) is 18.0 Å². The first-order valence-corrected chi connectivity index (χ1v) is 4.99. The Kier molecular flexibility index (Phi) is 4.60. The average Bonchev–Trinajstić information content (AvgIpc) is 2.29. The molecule has 1 aromatic carbocycles. The molecular weight excluding hydrogens is 226 g/mol. The van der Waals surface area contributed by atoms with E-state index in [1.54, 1.807) is 23.1 Å². The molecule has 1 rings (SSSR count). The van der Waals surface area contributed by atoms with Crippen LogP contribution in [0.5, 0.6) is 0 Å². The molecule has 0 spiro atoms. The van der Waals surface area contributed by atoms with Gasteiger partial charge in [-0.3, -0.25) is 0 Å². The molecule has 0 atom stereocenters. The van der Waals surface area contributed by atoms with Crippen molar-refractivity contribution >= 4 is 17.3 Å². The fourth-order valence-corrected chi connectivity index (χ4v) is 1.62. The number of rotatable bonds is 4. The van der Waals surface area contributed by atoms with Crippen LogP contribution < -0.4 is 4.90 Å². The van der Waals surface area contributed by atoms with Gasteiger partial charge in [-0.15, -0.1) is 0 Å². The van der Waals surface area contributed by atoms with Crippen LogP contribution in [0.3, 0.4) is 0 Å². The highest BCUT2D eigenvalue weighted by Crippen LogP contribution is 2.26. The molecule has 0 unspecified atom stereocenters. The summed E-state index contributed by atoms with van der Waals surface area (Å²) >= 11 is 6.00. The number of hydrogen-bond donors (Lipinski definition) is 1. The topological polar surface area (TPSA) is 71.0 Å². The van der Waals surface area contributed by atoms with Gasteiger partial charge < -0.3 is 10.0 Å². The Balaban J connectivity index is 3.02. The van der Waals surface area contributed by atoms with Gasteiger partial charge in [0.25, 0.3) is 0 Å². The molecule has 4 nitrogen and oxygen atoms in total. The van der Waals surface area contributed by atoms with Crippen LogP contribution in [0, 0.1) is 22.7 Å². The van der Waals surface area contributed by atoms with Crippen LogP contribution in [0.15, 0.2) is 18.2 Å². The molecule has 0 saturated carbocycles. The Morgan fingerprint density at radius 3 is 2.31 bits per heavy atom. The number of nitrogens with zero attached hydrogens (tertiary/aromatic N) is 3. The highest BCUT2D eigenvalue weighted by molar-refractivity contribution is 6.33. The van der Waals surface area contributed by atoms with Crippen LogP contribution in [-0.4, -0.2) is 18.2 Å². The normalized spacial score (nSPS) is 9.25. The fourth-order valence-electron chi connectivity index (χ4n) is 1.30. The number of aliphatic hydroxyl groups is 1. The largest absolute Gasteiger partial charge is 0.392 e. The van der Waals surface area contributed by atoms with E-state index in [0.29, 0.717) is 16.3 Å². The molecule has 16 heavy (non-hydrogen) atoms. The smallest absolute Gasteiger partial charge is 0.107 e. The zero-order chi connectivity index (χ0) is 12.0. The molecule has 0 radical (unpaired) electrons. The predicted molar refractivity (Wildman–Crippen MR) is 60.8 cm³/mol. The van der Waals surface area contributed by atoms with Crippen LogP contribution >= 0.6 is 11.6 Å². The van der Waals surface area contributed by atoms with Gasteiger partial charge in [-0.2, -0.15) is 10.5 Å². The summed E-state index contributed by atoms with van der Waals surface area (Å²) in [7, 11) is 0. The van der Waals surface area contributed by atoms with E-state index in [0.717, 1.165) is 0 Å². The summed E-state index contributed by atoms with van der Waals surface area (Å²) in [6, 6.07) is 8.98. The molecule has 0 saturated heterocycles. The van der Waals surface area contributed by atoms with E-state index in [1.807, 2.05) is 12.1 Å². The maximum Gasteiger partial charge on any atom is 0.107 e. The molecule has 0 aliphatic heterocycles. The van der Waals surface area contributed by atoms with Crippen molar-refractivity contribution < 1.29 is 5.11 Å². The van der Waals surface area contributed by atoms with Crippen LogP contribution in [0.2, 0.25) is 5.02 Å². The molecule has 0 aliphatic rings. The van der Waals surface area contributed by atoms with Crippen molar-refractivity contribution in [3.63, 3.8) is 0 Å². The predicted octanol–water partition coefficient (Wildman–Crippen LogP) is 1.69. The van der Waals surface area contributed by atoms with Gasteiger partial charge in [-0.25, -0.2) is 0 Å². The number of hydrogen-bond acceptors (Lipinski definition) is 4. The average molecular weight is 236 g/mol. The van der Waals surface area contributed by atoms with Gasteiger partial charge >= 0.3 is 0 Å². The Hall–Kier alpha value is -1.75. The Bertz CT molecular complexity index is 432. The molecule has 0 aliphatic carbocycles. The lowest BCUT2D eigenvalue weighted by Crippen LogP contribution is -2.24. The third-order valence-corrected chi connectivity index (χ3v) is 2.36. The Labute approximate surface area is 98.9 Å². The lowest BCUT2D eigenvalue weighted by atomic mass is 10.2. The van der Waals surface area contributed by atoms with Gasteiger partial charge in [0.1, 0.15) is 13.1 Å². The number of nitriles is 2. The SMILES string of the molecule is N#CCN(CC#N)c1ccc(CO)cc1Cl. The molecule has 0 fully saturated rings. The van der Waals surface area contributed by atoms with Gasteiger partial charge in [-0.05, 0) is 17.7 Å². The Morgan fingerprint density at radius 1 is 1.25 bits per heavy atom. The number of aliphatic hydroxyl groups excluding tert-OH is 1. The maximum absolute atomic E-state index is 8.92. The maximum atomic E-state index is 8.92. The van der Waals surface area contributed by atoms with E-state index in [2.05, 4.69) is 0 Å². The van der Waals surface area contributed by atoms with E-state index >= 15 is 0 Å². The molecule has 1 N–H and O–H groups in total. The number of halogens is 1. The molecule has 0 heterocycles. The third-order valence-electron chi connectivity index (χ3n) is 2.06. The van der Waals surface area contributed by atoms with Gasteiger partial charge in [0.15, 0.2) is 0 Å². The highest BCUT2D eigenvalue weighted by Gasteiger charge is 2.09. The second-order valence-electron chi connectivity index (χ2n) is 3.12. The second-order valence-corrected chi connectivity index (χ2v) is 3.52. The van der Waals surface area contributed by atoms with Gasteiger partial charge in [0, 0.05) is 0 Å². The summed E-state index contributed by atoms with van der Waals surface area (Å²) in [4.78, 5) is 1.57. The molecule has 1 aromatic rings. The Morgan fingerprint density at radius 2 is 1.88 bits per heavy atom. The van der Waals surface area contributed by atoms with E-state index in [1.165, 1.54) is 0 Å². The molecule has 5 heteroatoms. The molecule has 0 aromatic heterocycles. The van der Waals surface area contributed by atoms with Crippen molar-refractivity contribution in [2.45, 2.75) is 6.61 Å². The van der Waals surface area contributed by atoms with E-state index < -0.39 is 0 Å². The third kappa shape index (κ3) is 2.87. The quantitative estimate of drug-likeness (QED) is 0.806. The van der Waals surface area contributed by atoms with Crippen molar-refractivity contribution in [1.29, 1.82) is 10.5 Å². The molecular formula is C11H10ClN3O. The zero-order valence-corrected chi connectivity index (χ0v) is 9.28. The van der Waals surface area contributed by atoms with Gasteiger partial charge in [-0.1, -0.05) is 17.7 Å². The van der Waals surface area contributed by atoms with E-state index in [4.69, 9.17) is 27.2 Å². The highest BCUT2D eigenvalue weighted by atomic mass is 35.5. The van der Waals surface area contributed by atoms with Crippen LogP contribution in [0.4, 0.5) is 5.69 Å². The summed E-state index contributed by atoms with van der Waals surface area (Å²) in [6.07, 6.45) is 0. The van der Waals surface area contributed by atoms with Crippen LogP contribution in [0.1, 0.15) is 5.56 Å². The minimum absolute atomic E-state index is 0.0868. The molecule has 0 bridgehead atoms. The summed E-state index contributed by atoms with van der Waals surface area (Å²) in [6.45, 7) is 0.119. The van der Waals surface area contributed by atoms with Crippen molar-refractivity contribution in [2.24, 2.45) is 0 Å². The molecule has 82 valence electrons. The first-order valence-electron chi connectivity index (χ1n) is 4.61. The first-order chi connectivity index (χ1) is 7.72. The minimum atomic E-state index is -0.0868. The minimum Gasteiger partial charge on any atom is -0.392 e. The summed E-state index contributed by atoms with van der Waals surface area (Å²) in [5.74, 6) is 0. The van der Waals surface area contributed by atoms with Crippen molar-refractivity contribution in [3.05, 3.63) is 28.8 Å². The zero-order valence-electron chi connectivity index (χ0n) is 8.52. The standard InChI is InChI=1S/C11H10ClN3O/c12-10-7-9(8-16)1-2-11(10)15(5-3-13)6-4-14/h1-2,7,16H,5-6,8H2. The number of benzene rings is 1. The lowest BCUT2D eigenvalue weighted by Gasteiger charge is -2.19. The van der Waals surface area contributed by atoms with Crippen molar-refractivity contribution in [1.82, 2.24) is 0 Å². The molecule has 0 amide bonds. The monoisotopic (exact) mass is 235 g/mol. The van der Waals surface area contributed by atoms with Crippen LogP contribution in [-0.2, 0) is 6.61 Å². The van der Waals surface area contributed by atoms with E-state index in [-0.39, 0.29) is 19.7 Å². The summed E-state index contributed by atoms with van der Waals surface area (Å²) in [5.41, 5.74) is 1.32. The van der Waals surface area contributed by atoms with E-state index in [9.17, 15) is 0 Å². The van der Waals surface area contributed by atoms with Crippen molar-refractivity contribution in [3.8, 4) is 12.1 Å². The number of anilines is 1. The summed E-state index contributed by atoms with van der Waals surface area (Å²) in [5, 5.41) is 26.6. The first kappa shape index (κ1) is 12.3. The summed E-state index contributed by atoms with van der Waals surface area (Å²) < 4.78 is 0. The second kappa shape index (κ2) is 5.97. The lowest BCUT2D eigenvalue weighted by molar-refractivity contribution is 0.282.